The average Bonchev–Trinajstić information content (AvgIpc) is 2.75. The second-order valence-corrected chi connectivity index (χ2v) is 5.31. The molecule has 0 amide bonds. The molecular formula is C17H21NO3. The molecule has 0 atom stereocenters. The summed E-state index contributed by atoms with van der Waals surface area (Å²) < 4.78 is 2.16. The number of carboxylic acid groups (broad SMARTS) is 1. The van der Waals surface area contributed by atoms with Crippen molar-refractivity contribution in [3.05, 3.63) is 34.5 Å². The molecule has 112 valence electrons. The topological polar surface area (TPSA) is 59.3 Å². The van der Waals surface area contributed by atoms with Gasteiger partial charge in [-0.1, -0.05) is 20.3 Å². The maximum Gasteiger partial charge on any atom is 0.335 e. The number of hydrogen-bond acceptors (Lipinski definition) is 2. The van der Waals surface area contributed by atoms with Crippen molar-refractivity contribution in [3.8, 4) is 0 Å². The molecule has 0 aliphatic heterocycles. The number of aldehydes is 1. The third-order valence-electron chi connectivity index (χ3n) is 4.02. The molecule has 1 N–H and O–H groups in total. The van der Waals surface area contributed by atoms with Crippen molar-refractivity contribution in [1.29, 1.82) is 0 Å². The van der Waals surface area contributed by atoms with E-state index in [-0.39, 0.29) is 5.56 Å². The zero-order chi connectivity index (χ0) is 15.6. The van der Waals surface area contributed by atoms with E-state index < -0.39 is 5.97 Å². The van der Waals surface area contributed by atoms with Crippen molar-refractivity contribution in [2.75, 3.05) is 0 Å². The predicted molar refractivity (Wildman–Crippen MR) is 83.3 cm³/mol. The first kappa shape index (κ1) is 15.3. The maximum absolute atomic E-state index is 11.4. The molecule has 0 radical (unpaired) electrons. The molecule has 4 heteroatoms. The highest BCUT2D eigenvalue weighted by atomic mass is 16.4. The molecule has 0 unspecified atom stereocenters. The molecular weight excluding hydrogens is 266 g/mol. The van der Waals surface area contributed by atoms with Crippen molar-refractivity contribution in [2.45, 2.75) is 46.6 Å². The highest BCUT2D eigenvalue weighted by Crippen LogP contribution is 2.30. The fourth-order valence-electron chi connectivity index (χ4n) is 2.86. The number of benzene rings is 1. The fraction of sp³-hybridized carbons (Fsp3) is 0.412. The number of aromatic nitrogens is 1. The Morgan fingerprint density at radius 1 is 1.33 bits per heavy atom. The van der Waals surface area contributed by atoms with Gasteiger partial charge in [0.25, 0.3) is 0 Å². The SMILES string of the molecule is CCCCn1c(C)c(C=O)c2cc(C(=O)O)cc(CC)c21. The number of aromatic carboxylic acids is 1. The smallest absolute Gasteiger partial charge is 0.335 e. The second kappa shape index (κ2) is 6.12. The Hall–Kier alpha value is -2.10. The number of fused-ring (bicyclic) bond motifs is 1. The van der Waals surface area contributed by atoms with Crippen LogP contribution in [0.1, 0.15) is 58.7 Å². The highest BCUT2D eigenvalue weighted by molar-refractivity contribution is 6.04. The number of hydrogen-bond donors (Lipinski definition) is 1. The molecule has 0 bridgehead atoms. The van der Waals surface area contributed by atoms with Crippen LogP contribution in [-0.4, -0.2) is 21.9 Å². The van der Waals surface area contributed by atoms with Gasteiger partial charge in [-0.25, -0.2) is 4.79 Å². The molecule has 1 aromatic carbocycles. The van der Waals surface area contributed by atoms with Crippen LogP contribution in [0.15, 0.2) is 12.1 Å². The normalized spacial score (nSPS) is 11.0. The summed E-state index contributed by atoms with van der Waals surface area (Å²) in [6, 6.07) is 3.34. The van der Waals surface area contributed by atoms with E-state index in [1.165, 1.54) is 0 Å². The molecule has 21 heavy (non-hydrogen) atoms. The first-order valence-electron chi connectivity index (χ1n) is 7.39. The summed E-state index contributed by atoms with van der Waals surface area (Å²) in [5.41, 5.74) is 3.77. The first-order valence-corrected chi connectivity index (χ1v) is 7.39. The summed E-state index contributed by atoms with van der Waals surface area (Å²) in [5, 5.41) is 10.0. The minimum Gasteiger partial charge on any atom is -0.478 e. The van der Waals surface area contributed by atoms with Crippen molar-refractivity contribution in [3.63, 3.8) is 0 Å². The van der Waals surface area contributed by atoms with Gasteiger partial charge in [-0.3, -0.25) is 4.79 Å². The summed E-state index contributed by atoms with van der Waals surface area (Å²) in [5.74, 6) is -0.956. The summed E-state index contributed by atoms with van der Waals surface area (Å²) in [6.45, 7) is 6.92. The number of carbonyl (C=O) groups excluding carboxylic acids is 1. The highest BCUT2D eigenvalue weighted by Gasteiger charge is 2.18. The predicted octanol–water partition coefficient (Wildman–Crippen LogP) is 3.82. The van der Waals surface area contributed by atoms with E-state index in [1.807, 2.05) is 13.8 Å². The Morgan fingerprint density at radius 3 is 2.57 bits per heavy atom. The van der Waals surface area contributed by atoms with Crippen molar-refractivity contribution in [1.82, 2.24) is 4.57 Å². The quantitative estimate of drug-likeness (QED) is 0.821. The minimum absolute atomic E-state index is 0.245. The van der Waals surface area contributed by atoms with Crippen LogP contribution in [0.2, 0.25) is 0 Å². The van der Waals surface area contributed by atoms with Crippen LogP contribution in [-0.2, 0) is 13.0 Å². The van der Waals surface area contributed by atoms with E-state index in [1.54, 1.807) is 12.1 Å². The zero-order valence-electron chi connectivity index (χ0n) is 12.8. The van der Waals surface area contributed by atoms with E-state index in [0.29, 0.717) is 5.56 Å². The van der Waals surface area contributed by atoms with Crippen LogP contribution in [0, 0.1) is 6.92 Å². The van der Waals surface area contributed by atoms with Crippen LogP contribution < -0.4 is 0 Å². The van der Waals surface area contributed by atoms with E-state index in [9.17, 15) is 14.7 Å². The monoisotopic (exact) mass is 287 g/mol. The van der Waals surface area contributed by atoms with Crippen LogP contribution in [0.25, 0.3) is 10.9 Å². The number of nitrogens with zero attached hydrogens (tertiary/aromatic N) is 1. The van der Waals surface area contributed by atoms with Crippen LogP contribution >= 0.6 is 0 Å². The molecule has 4 nitrogen and oxygen atoms in total. The van der Waals surface area contributed by atoms with E-state index in [4.69, 9.17) is 0 Å². The molecule has 0 aliphatic carbocycles. The zero-order valence-corrected chi connectivity index (χ0v) is 12.8. The fourth-order valence-corrected chi connectivity index (χ4v) is 2.86. The standard InChI is InChI=1S/C17H21NO3/c1-4-6-7-18-11(3)15(10-19)14-9-13(17(20)21)8-12(5-2)16(14)18/h8-10H,4-7H2,1-3H3,(H,20,21). The largest absolute Gasteiger partial charge is 0.478 e. The molecule has 2 rings (SSSR count). The van der Waals surface area contributed by atoms with Gasteiger partial charge in [-0.2, -0.15) is 0 Å². The Morgan fingerprint density at radius 2 is 2.05 bits per heavy atom. The molecule has 0 saturated carbocycles. The summed E-state index contributed by atoms with van der Waals surface area (Å²) in [7, 11) is 0. The van der Waals surface area contributed by atoms with Gasteiger partial charge in [0.1, 0.15) is 0 Å². The lowest BCUT2D eigenvalue weighted by Gasteiger charge is -2.11. The van der Waals surface area contributed by atoms with Gasteiger partial charge in [0.05, 0.1) is 11.1 Å². The van der Waals surface area contributed by atoms with E-state index in [0.717, 1.165) is 54.3 Å². The van der Waals surface area contributed by atoms with E-state index >= 15 is 0 Å². The van der Waals surface area contributed by atoms with Crippen LogP contribution in [0.4, 0.5) is 0 Å². The molecule has 0 aliphatic rings. The Labute approximate surface area is 124 Å². The minimum atomic E-state index is -0.956. The van der Waals surface area contributed by atoms with Crippen molar-refractivity contribution >= 4 is 23.2 Å². The first-order chi connectivity index (χ1) is 10.0. The number of unbranched alkanes of at least 4 members (excludes halogenated alkanes) is 1. The Kier molecular flexibility index (Phi) is 4.46. The number of rotatable bonds is 6. The molecule has 0 spiro atoms. The van der Waals surface area contributed by atoms with Crippen LogP contribution in [0.3, 0.4) is 0 Å². The van der Waals surface area contributed by atoms with Crippen molar-refractivity contribution < 1.29 is 14.7 Å². The maximum atomic E-state index is 11.4. The lowest BCUT2D eigenvalue weighted by Crippen LogP contribution is -2.03. The van der Waals surface area contributed by atoms with Gasteiger partial charge >= 0.3 is 5.97 Å². The van der Waals surface area contributed by atoms with E-state index in [2.05, 4.69) is 11.5 Å². The van der Waals surface area contributed by atoms with Gasteiger partial charge < -0.3 is 9.67 Å². The average molecular weight is 287 g/mol. The summed E-state index contributed by atoms with van der Waals surface area (Å²) >= 11 is 0. The van der Waals surface area contributed by atoms with Gasteiger partial charge in [0.15, 0.2) is 6.29 Å². The lowest BCUT2D eigenvalue weighted by molar-refractivity contribution is 0.0696. The lowest BCUT2D eigenvalue weighted by atomic mass is 10.0. The molecule has 0 saturated heterocycles. The number of carbonyl (C=O) groups is 2. The summed E-state index contributed by atoms with van der Waals surface area (Å²) in [6.07, 6.45) is 3.69. The number of carboxylic acids is 1. The molecule has 1 heterocycles. The van der Waals surface area contributed by atoms with Gasteiger partial charge in [0, 0.05) is 23.2 Å². The third kappa shape index (κ3) is 2.58. The number of aryl methyl sites for hydroxylation is 2. The van der Waals surface area contributed by atoms with Crippen LogP contribution in [0.5, 0.6) is 0 Å². The summed E-state index contributed by atoms with van der Waals surface area (Å²) in [4.78, 5) is 22.7. The second-order valence-electron chi connectivity index (χ2n) is 5.31. The third-order valence-corrected chi connectivity index (χ3v) is 4.02. The molecule has 1 aromatic heterocycles. The Bertz CT molecular complexity index is 698. The van der Waals surface area contributed by atoms with Crippen molar-refractivity contribution in [2.24, 2.45) is 0 Å². The van der Waals surface area contributed by atoms with Gasteiger partial charge in [-0.05, 0) is 37.5 Å². The molecule has 2 aromatic rings. The van der Waals surface area contributed by atoms with Gasteiger partial charge in [-0.15, -0.1) is 0 Å². The van der Waals surface area contributed by atoms with Gasteiger partial charge in [0.2, 0.25) is 0 Å². The Balaban J connectivity index is 2.82. The molecule has 0 fully saturated rings.